The first-order valence-electron chi connectivity index (χ1n) is 9.61. The lowest BCUT2D eigenvalue weighted by Gasteiger charge is -2.29. The molecule has 0 aliphatic carbocycles. The van der Waals surface area contributed by atoms with Crippen LogP contribution in [0.15, 0.2) is 45.7 Å². The second-order valence-corrected chi connectivity index (χ2v) is 7.64. The fourth-order valence-corrected chi connectivity index (χ4v) is 3.65. The van der Waals surface area contributed by atoms with E-state index in [0.29, 0.717) is 17.0 Å². The lowest BCUT2D eigenvalue weighted by molar-refractivity contribution is -0.139. The maximum Gasteiger partial charge on any atom is 0.420 e. The second kappa shape index (κ2) is 8.34. The molecule has 3 aromatic rings. The first kappa shape index (κ1) is 21.9. The highest BCUT2D eigenvalue weighted by atomic mass is 35.5. The number of rotatable bonds is 5. The first-order chi connectivity index (χ1) is 15.1. The van der Waals surface area contributed by atoms with Crippen molar-refractivity contribution in [3.8, 4) is 17.1 Å². The molecule has 0 saturated carbocycles. The number of amides is 1. The van der Waals surface area contributed by atoms with Crippen molar-refractivity contribution in [2.75, 3.05) is 19.7 Å². The molecule has 32 heavy (non-hydrogen) atoms. The summed E-state index contributed by atoms with van der Waals surface area (Å²) in [5.41, 5.74) is -0.260. The minimum Gasteiger partial charge on any atom is -0.491 e. The maximum atomic E-state index is 13.2. The molecule has 7 nitrogen and oxygen atoms in total. The van der Waals surface area contributed by atoms with Crippen molar-refractivity contribution in [3.63, 3.8) is 0 Å². The highest BCUT2D eigenvalue weighted by Gasteiger charge is 2.35. The van der Waals surface area contributed by atoms with Crippen LogP contribution in [0.5, 0.6) is 5.75 Å². The third-order valence-electron chi connectivity index (χ3n) is 5.03. The third-order valence-corrected chi connectivity index (χ3v) is 5.27. The molecule has 0 saturated heterocycles. The zero-order valence-corrected chi connectivity index (χ0v) is 17.5. The largest absolute Gasteiger partial charge is 0.491 e. The Kier molecular flexibility index (Phi) is 5.72. The van der Waals surface area contributed by atoms with Crippen LogP contribution in [0.1, 0.15) is 21.7 Å². The van der Waals surface area contributed by atoms with E-state index in [1.165, 1.54) is 27.7 Å². The van der Waals surface area contributed by atoms with Crippen molar-refractivity contribution in [3.05, 3.63) is 68.7 Å². The molecule has 0 N–H and O–H groups in total. The van der Waals surface area contributed by atoms with Crippen molar-refractivity contribution in [1.82, 2.24) is 14.6 Å². The molecule has 1 aromatic carbocycles. The van der Waals surface area contributed by atoms with Crippen LogP contribution in [0.3, 0.4) is 0 Å². The fourth-order valence-electron chi connectivity index (χ4n) is 3.48. The number of hydrogen-bond donors (Lipinski definition) is 0. The Morgan fingerprint density at radius 1 is 1.16 bits per heavy atom. The Bertz CT molecular complexity index is 1240. The number of aryl methyl sites for hydroxylation is 1. The number of aromatic nitrogens is 2. The number of alkyl halides is 3. The summed E-state index contributed by atoms with van der Waals surface area (Å²) < 4.78 is 51.4. The molecule has 1 amide bonds. The van der Waals surface area contributed by atoms with Gasteiger partial charge in [0.1, 0.15) is 18.1 Å². The summed E-state index contributed by atoms with van der Waals surface area (Å²) in [7, 11) is 0. The normalized spacial score (nSPS) is 13.9. The molecule has 3 heterocycles. The number of ether oxygens (including phenoxy) is 1. The predicted molar refractivity (Wildman–Crippen MR) is 109 cm³/mol. The van der Waals surface area contributed by atoms with Gasteiger partial charge in [0.2, 0.25) is 0 Å². The van der Waals surface area contributed by atoms with Crippen LogP contribution in [0, 0.1) is 6.92 Å². The number of nitrogens with zero attached hydrogens (tertiary/aromatic N) is 3. The molecule has 0 spiro atoms. The van der Waals surface area contributed by atoms with E-state index in [1.807, 2.05) is 0 Å². The Morgan fingerprint density at radius 2 is 1.94 bits per heavy atom. The number of carbonyl (C=O) groups is 1. The minimum atomic E-state index is -4.62. The molecule has 1 aliphatic heterocycles. The molecule has 0 unspecified atom stereocenters. The summed E-state index contributed by atoms with van der Waals surface area (Å²) in [5, 5.41) is 3.71. The molecule has 1 aliphatic rings. The lowest BCUT2D eigenvalue weighted by atomic mass is 10.1. The van der Waals surface area contributed by atoms with Crippen LogP contribution in [0.4, 0.5) is 13.2 Å². The van der Waals surface area contributed by atoms with Crippen LogP contribution in [0.2, 0.25) is 5.02 Å². The van der Waals surface area contributed by atoms with Gasteiger partial charge in [-0.25, -0.2) is 0 Å². The summed E-state index contributed by atoms with van der Waals surface area (Å²) in [5.74, 6) is -0.464. The van der Waals surface area contributed by atoms with Crippen molar-refractivity contribution in [2.45, 2.75) is 19.6 Å². The number of fused-ring (bicyclic) bond motifs is 1. The highest BCUT2D eigenvalue weighted by Crippen LogP contribution is 2.37. The van der Waals surface area contributed by atoms with E-state index in [-0.39, 0.29) is 48.3 Å². The van der Waals surface area contributed by atoms with Gasteiger partial charge in [0.25, 0.3) is 11.5 Å². The Balaban J connectivity index is 1.47. The molecule has 0 atom stereocenters. The summed E-state index contributed by atoms with van der Waals surface area (Å²) in [4.78, 5) is 27.0. The Hall–Kier alpha value is -3.27. The molecule has 0 fully saturated rings. The molecule has 0 bridgehead atoms. The van der Waals surface area contributed by atoms with Crippen LogP contribution >= 0.6 is 11.6 Å². The van der Waals surface area contributed by atoms with E-state index in [0.717, 1.165) is 12.1 Å². The van der Waals surface area contributed by atoms with E-state index in [4.69, 9.17) is 20.9 Å². The van der Waals surface area contributed by atoms with Crippen LogP contribution in [0.25, 0.3) is 11.3 Å². The van der Waals surface area contributed by atoms with Gasteiger partial charge in [-0.2, -0.15) is 13.2 Å². The van der Waals surface area contributed by atoms with E-state index in [1.54, 1.807) is 13.0 Å². The maximum absolute atomic E-state index is 13.2. The molecular weight excluding hydrogens is 451 g/mol. The molecule has 0 radical (unpaired) electrons. The minimum absolute atomic E-state index is 0.0516. The average Bonchev–Trinajstić information content (AvgIpc) is 3.16. The van der Waals surface area contributed by atoms with Gasteiger partial charge in [-0.1, -0.05) is 16.8 Å². The topological polar surface area (TPSA) is 77.6 Å². The molecule has 4 rings (SSSR count). The van der Waals surface area contributed by atoms with Crippen LogP contribution in [-0.4, -0.2) is 40.2 Å². The van der Waals surface area contributed by atoms with Crippen molar-refractivity contribution < 1.29 is 27.2 Å². The van der Waals surface area contributed by atoms with Gasteiger partial charge in [-0.3, -0.25) is 9.59 Å². The summed E-state index contributed by atoms with van der Waals surface area (Å²) >= 11 is 5.66. The Morgan fingerprint density at radius 3 is 2.62 bits per heavy atom. The smallest absolute Gasteiger partial charge is 0.420 e. The average molecular weight is 468 g/mol. The van der Waals surface area contributed by atoms with Crippen LogP contribution in [-0.2, 0) is 12.7 Å². The van der Waals surface area contributed by atoms with Gasteiger partial charge in [0.15, 0.2) is 5.76 Å². The highest BCUT2D eigenvalue weighted by molar-refractivity contribution is 6.30. The number of halogens is 4. The van der Waals surface area contributed by atoms with E-state index < -0.39 is 17.6 Å². The van der Waals surface area contributed by atoms with Gasteiger partial charge in [-0.15, -0.1) is 0 Å². The number of benzene rings is 1. The fraction of sp³-hybridized carbons (Fsp3) is 0.286. The first-order valence-corrected chi connectivity index (χ1v) is 9.99. The zero-order chi connectivity index (χ0) is 23.0. The van der Waals surface area contributed by atoms with E-state index >= 15 is 0 Å². The number of pyridine rings is 1. The standard InChI is InChI=1S/C21H17ClF3N3O4/c1-12-10-18(32-26-12)14-3-4-16-20(30)27(6-7-28(16)19(14)29)8-9-31-17-5-2-13(22)11-15(17)21(23,24)25/h2-5,10-11H,6-9H2,1H3. The van der Waals surface area contributed by atoms with Gasteiger partial charge >= 0.3 is 6.18 Å². The summed E-state index contributed by atoms with van der Waals surface area (Å²) in [6.07, 6.45) is -4.62. The molecular formula is C21H17ClF3N3O4. The summed E-state index contributed by atoms with van der Waals surface area (Å²) in [6.45, 7) is 2.07. The van der Waals surface area contributed by atoms with Gasteiger partial charge in [-0.05, 0) is 37.3 Å². The van der Waals surface area contributed by atoms with Gasteiger partial charge < -0.3 is 18.7 Å². The predicted octanol–water partition coefficient (Wildman–Crippen LogP) is 4.02. The SMILES string of the molecule is Cc1cc(-c2ccc3n(c2=O)CCN(CCOc2ccc(Cl)cc2C(F)(F)F)C3=O)on1. The quantitative estimate of drug-likeness (QED) is 0.566. The monoisotopic (exact) mass is 467 g/mol. The third kappa shape index (κ3) is 4.22. The van der Waals surface area contributed by atoms with Gasteiger partial charge in [0, 0.05) is 24.2 Å². The van der Waals surface area contributed by atoms with Crippen molar-refractivity contribution in [1.29, 1.82) is 0 Å². The van der Waals surface area contributed by atoms with E-state index in [2.05, 4.69) is 5.16 Å². The van der Waals surface area contributed by atoms with E-state index in [9.17, 15) is 22.8 Å². The molecule has 168 valence electrons. The Labute approximate surface area is 184 Å². The lowest BCUT2D eigenvalue weighted by Crippen LogP contribution is -2.46. The van der Waals surface area contributed by atoms with Crippen LogP contribution < -0.4 is 10.3 Å². The zero-order valence-electron chi connectivity index (χ0n) is 16.8. The number of carbonyl (C=O) groups excluding carboxylic acids is 1. The second-order valence-electron chi connectivity index (χ2n) is 7.20. The molecule has 2 aromatic heterocycles. The summed E-state index contributed by atoms with van der Waals surface area (Å²) in [6, 6.07) is 7.88. The number of hydrogen-bond acceptors (Lipinski definition) is 5. The van der Waals surface area contributed by atoms with Crippen molar-refractivity contribution >= 4 is 17.5 Å². The van der Waals surface area contributed by atoms with Gasteiger partial charge in [0.05, 0.1) is 23.4 Å². The molecule has 11 heteroatoms. The van der Waals surface area contributed by atoms with Crippen molar-refractivity contribution in [2.24, 2.45) is 0 Å².